The SMILES string of the molecule is CC(C)(C)OC(=O)N1CC(C(=O)[O-])Oc2ccccc21.[Li+]. The molecule has 0 aromatic heterocycles. The third-order valence-corrected chi connectivity index (χ3v) is 2.65. The molecule has 108 valence electrons. The molecule has 7 heteroatoms. The summed E-state index contributed by atoms with van der Waals surface area (Å²) in [7, 11) is 0. The molecule has 0 saturated heterocycles. The average Bonchev–Trinajstić information content (AvgIpc) is 2.35. The summed E-state index contributed by atoms with van der Waals surface area (Å²) in [6, 6.07) is 6.70. The number of benzene rings is 1. The molecule has 1 atom stereocenters. The number of rotatable bonds is 1. The smallest absolute Gasteiger partial charge is 0.546 e. The summed E-state index contributed by atoms with van der Waals surface area (Å²) >= 11 is 0. The summed E-state index contributed by atoms with van der Waals surface area (Å²) in [5, 5.41) is 11.0. The number of para-hydroxylation sites is 2. The summed E-state index contributed by atoms with van der Waals surface area (Å²) in [4.78, 5) is 24.4. The normalized spacial score (nSPS) is 17.1. The van der Waals surface area contributed by atoms with Crippen molar-refractivity contribution < 1.29 is 43.0 Å². The van der Waals surface area contributed by atoms with Crippen LogP contribution in [0.15, 0.2) is 24.3 Å². The molecule has 0 saturated carbocycles. The fraction of sp³-hybridized carbons (Fsp3) is 0.429. The monoisotopic (exact) mass is 285 g/mol. The van der Waals surface area contributed by atoms with Crippen LogP contribution in [0.3, 0.4) is 0 Å². The van der Waals surface area contributed by atoms with Crippen LogP contribution >= 0.6 is 0 Å². The maximum atomic E-state index is 12.2. The van der Waals surface area contributed by atoms with E-state index in [2.05, 4.69) is 0 Å². The average molecular weight is 285 g/mol. The number of nitrogens with zero attached hydrogens (tertiary/aromatic N) is 1. The molecule has 1 heterocycles. The molecule has 21 heavy (non-hydrogen) atoms. The molecular weight excluding hydrogens is 269 g/mol. The van der Waals surface area contributed by atoms with E-state index >= 15 is 0 Å². The molecule has 2 rings (SSSR count). The molecular formula is C14H16LiNO5. The minimum absolute atomic E-state index is 0. The molecule has 1 aliphatic heterocycles. The first kappa shape index (κ1) is 17.4. The molecule has 1 aromatic carbocycles. The van der Waals surface area contributed by atoms with Gasteiger partial charge in [-0.05, 0) is 32.9 Å². The first-order valence-corrected chi connectivity index (χ1v) is 6.25. The summed E-state index contributed by atoms with van der Waals surface area (Å²) in [5.41, 5.74) is -0.180. The number of aliphatic carboxylic acids is 1. The van der Waals surface area contributed by atoms with Gasteiger partial charge in [0.05, 0.1) is 18.2 Å². The van der Waals surface area contributed by atoms with E-state index in [9.17, 15) is 14.7 Å². The van der Waals surface area contributed by atoms with Gasteiger partial charge in [0, 0.05) is 0 Å². The quantitative estimate of drug-likeness (QED) is 0.555. The van der Waals surface area contributed by atoms with Crippen molar-refractivity contribution in [2.75, 3.05) is 11.4 Å². The number of hydrogen-bond donors (Lipinski definition) is 0. The van der Waals surface area contributed by atoms with E-state index in [-0.39, 0.29) is 25.4 Å². The maximum absolute atomic E-state index is 12.2. The Bertz CT molecular complexity index is 540. The summed E-state index contributed by atoms with van der Waals surface area (Å²) < 4.78 is 10.6. The van der Waals surface area contributed by atoms with E-state index in [1.165, 1.54) is 4.90 Å². The number of carboxylic acids is 1. The van der Waals surface area contributed by atoms with Crippen LogP contribution in [0.5, 0.6) is 5.75 Å². The van der Waals surface area contributed by atoms with E-state index in [1.807, 2.05) is 0 Å². The zero-order valence-corrected chi connectivity index (χ0v) is 12.6. The van der Waals surface area contributed by atoms with Gasteiger partial charge < -0.3 is 19.4 Å². The maximum Gasteiger partial charge on any atom is 1.00 e. The Morgan fingerprint density at radius 3 is 2.52 bits per heavy atom. The summed E-state index contributed by atoms with van der Waals surface area (Å²) in [6.45, 7) is 5.09. The second-order valence-corrected chi connectivity index (χ2v) is 5.48. The first-order chi connectivity index (χ1) is 9.28. The number of fused-ring (bicyclic) bond motifs is 1. The Balaban J connectivity index is 0.00000220. The molecule has 1 aromatic rings. The minimum Gasteiger partial charge on any atom is -0.546 e. The number of ether oxygens (including phenoxy) is 2. The van der Waals surface area contributed by atoms with E-state index in [0.29, 0.717) is 11.4 Å². The number of carbonyl (C=O) groups excluding carboxylic acids is 2. The van der Waals surface area contributed by atoms with Gasteiger partial charge in [-0.1, -0.05) is 12.1 Å². The molecule has 0 N–H and O–H groups in total. The van der Waals surface area contributed by atoms with Crippen molar-refractivity contribution in [3.63, 3.8) is 0 Å². The van der Waals surface area contributed by atoms with Crippen LogP contribution < -0.4 is 33.6 Å². The van der Waals surface area contributed by atoms with Crippen LogP contribution in [-0.2, 0) is 9.53 Å². The van der Waals surface area contributed by atoms with Gasteiger partial charge in [-0.15, -0.1) is 0 Å². The molecule has 0 fully saturated rings. The third-order valence-electron chi connectivity index (χ3n) is 2.65. The zero-order chi connectivity index (χ0) is 14.9. The van der Waals surface area contributed by atoms with Gasteiger partial charge >= 0.3 is 25.0 Å². The van der Waals surface area contributed by atoms with Crippen LogP contribution in [0, 0.1) is 0 Å². The van der Waals surface area contributed by atoms with Crippen molar-refractivity contribution in [1.29, 1.82) is 0 Å². The largest absolute Gasteiger partial charge is 1.00 e. The first-order valence-electron chi connectivity index (χ1n) is 6.25. The van der Waals surface area contributed by atoms with E-state index in [1.54, 1.807) is 45.0 Å². The Kier molecular flexibility index (Phi) is 5.32. The fourth-order valence-corrected chi connectivity index (χ4v) is 1.85. The molecule has 0 spiro atoms. The van der Waals surface area contributed by atoms with Crippen LogP contribution in [0.25, 0.3) is 0 Å². The van der Waals surface area contributed by atoms with Gasteiger partial charge in [0.15, 0.2) is 6.10 Å². The number of amides is 1. The Morgan fingerprint density at radius 2 is 1.95 bits per heavy atom. The van der Waals surface area contributed by atoms with Gasteiger partial charge in [-0.2, -0.15) is 0 Å². The topological polar surface area (TPSA) is 78.9 Å². The van der Waals surface area contributed by atoms with Crippen LogP contribution in [0.4, 0.5) is 10.5 Å². The predicted octanol–water partition coefficient (Wildman–Crippen LogP) is -2.06. The second-order valence-electron chi connectivity index (χ2n) is 5.48. The molecule has 1 aliphatic rings. The van der Waals surface area contributed by atoms with Gasteiger partial charge in [0.1, 0.15) is 11.4 Å². The number of carbonyl (C=O) groups is 2. The molecule has 0 aliphatic carbocycles. The van der Waals surface area contributed by atoms with E-state index in [4.69, 9.17) is 9.47 Å². The van der Waals surface area contributed by atoms with Crippen molar-refractivity contribution >= 4 is 17.7 Å². The van der Waals surface area contributed by atoms with Crippen molar-refractivity contribution in [3.05, 3.63) is 24.3 Å². The van der Waals surface area contributed by atoms with Gasteiger partial charge in [-0.25, -0.2) is 4.79 Å². The zero-order valence-electron chi connectivity index (χ0n) is 12.6. The standard InChI is InChI=1S/C14H17NO5.Li/c1-14(2,3)20-13(18)15-8-11(12(16)17)19-10-7-5-4-6-9(10)15;/h4-7,11H,8H2,1-3H3,(H,16,17);/q;+1/p-1. The van der Waals surface area contributed by atoms with Crippen molar-refractivity contribution in [2.45, 2.75) is 32.5 Å². The minimum atomic E-state index is -1.37. The predicted molar refractivity (Wildman–Crippen MR) is 69.4 cm³/mol. The van der Waals surface area contributed by atoms with Crippen molar-refractivity contribution in [2.24, 2.45) is 0 Å². The molecule has 6 nitrogen and oxygen atoms in total. The van der Waals surface area contributed by atoms with Gasteiger partial charge in [0.25, 0.3) is 0 Å². The van der Waals surface area contributed by atoms with Crippen LogP contribution in [0.1, 0.15) is 20.8 Å². The fourth-order valence-electron chi connectivity index (χ4n) is 1.85. The van der Waals surface area contributed by atoms with Gasteiger partial charge in [-0.3, -0.25) is 4.90 Å². The van der Waals surface area contributed by atoms with Crippen molar-refractivity contribution in [3.8, 4) is 5.75 Å². The number of anilines is 1. The van der Waals surface area contributed by atoms with E-state index < -0.39 is 23.8 Å². The molecule has 1 amide bonds. The van der Waals surface area contributed by atoms with Crippen LogP contribution in [0.2, 0.25) is 0 Å². The summed E-state index contributed by atoms with van der Waals surface area (Å²) in [6.07, 6.45) is -1.82. The Hall–Kier alpha value is -1.64. The third kappa shape index (κ3) is 4.16. The van der Waals surface area contributed by atoms with Crippen molar-refractivity contribution in [1.82, 2.24) is 0 Å². The van der Waals surface area contributed by atoms with Crippen LogP contribution in [-0.4, -0.2) is 30.3 Å². The number of hydrogen-bond acceptors (Lipinski definition) is 5. The second kappa shape index (κ2) is 6.42. The molecule has 0 radical (unpaired) electrons. The van der Waals surface area contributed by atoms with E-state index in [0.717, 1.165) is 0 Å². The molecule has 1 unspecified atom stereocenters. The Morgan fingerprint density at radius 1 is 1.33 bits per heavy atom. The molecule has 0 bridgehead atoms. The number of carboxylic acid groups (broad SMARTS) is 1. The van der Waals surface area contributed by atoms with Gasteiger partial charge in [0.2, 0.25) is 0 Å². The summed E-state index contributed by atoms with van der Waals surface area (Å²) in [5.74, 6) is -1.05. The Labute approximate surface area is 135 Å².